The van der Waals surface area contributed by atoms with Crippen LogP contribution in [0.2, 0.25) is 0 Å². The third-order valence-electron chi connectivity index (χ3n) is 5.32. The first-order valence-corrected chi connectivity index (χ1v) is 11.3. The monoisotopic (exact) mass is 450 g/mol. The van der Waals surface area contributed by atoms with Crippen LogP contribution in [0.3, 0.4) is 0 Å². The minimum Gasteiger partial charge on any atom is -0.508 e. The summed E-state index contributed by atoms with van der Waals surface area (Å²) >= 11 is 1.27. The largest absolute Gasteiger partial charge is 0.508 e. The van der Waals surface area contributed by atoms with Gasteiger partial charge in [0.05, 0.1) is 16.2 Å². The number of hydrogen-bond donors (Lipinski definition) is 1. The molecule has 1 N–H and O–H groups in total. The van der Waals surface area contributed by atoms with Crippen molar-refractivity contribution in [2.75, 3.05) is 0 Å². The van der Waals surface area contributed by atoms with Gasteiger partial charge in [-0.25, -0.2) is 9.78 Å². The highest BCUT2D eigenvalue weighted by Gasteiger charge is 2.16. The molecule has 2 heterocycles. The van der Waals surface area contributed by atoms with Crippen molar-refractivity contribution in [1.29, 1.82) is 0 Å². The highest BCUT2D eigenvalue weighted by atomic mass is 32.1. The lowest BCUT2D eigenvalue weighted by Gasteiger charge is -2.07. The Balaban J connectivity index is 1.68. The van der Waals surface area contributed by atoms with E-state index < -0.39 is 10.5 Å². The molecule has 0 unspecified atom stereocenters. The SMILES string of the molecule is CCCCCCc1cc2cc(-c3nc(-c4cccc([N+](=O)[O-])c4)cs3)c(=O)oc2cc1O. The second-order valence-electron chi connectivity index (χ2n) is 7.62. The Kier molecular flexibility index (Phi) is 6.32. The zero-order valence-corrected chi connectivity index (χ0v) is 18.4. The molecule has 4 aromatic rings. The number of non-ortho nitro benzene ring substituents is 1. The number of fused-ring (bicyclic) bond motifs is 1. The van der Waals surface area contributed by atoms with Crippen LogP contribution in [0.25, 0.3) is 32.8 Å². The van der Waals surface area contributed by atoms with Crippen molar-refractivity contribution in [3.63, 3.8) is 0 Å². The van der Waals surface area contributed by atoms with Crippen LogP contribution in [0.15, 0.2) is 57.1 Å². The summed E-state index contributed by atoms with van der Waals surface area (Å²) in [7, 11) is 0. The molecule has 0 aliphatic rings. The standard InChI is InChI=1S/C24H22N2O5S/c1-2-3-4-5-7-16-10-17-12-19(24(28)31-22(17)13-21(16)27)23-25-20(14-32-23)15-8-6-9-18(11-15)26(29)30/h6,8-14,27H,2-5,7H2,1H3. The van der Waals surface area contributed by atoms with Crippen molar-refractivity contribution in [2.24, 2.45) is 0 Å². The number of thiazole rings is 1. The molecule has 7 nitrogen and oxygen atoms in total. The summed E-state index contributed by atoms with van der Waals surface area (Å²) in [6, 6.07) is 11.3. The van der Waals surface area contributed by atoms with Crippen molar-refractivity contribution in [3.8, 4) is 27.6 Å². The maximum atomic E-state index is 12.6. The van der Waals surface area contributed by atoms with Gasteiger partial charge in [-0.2, -0.15) is 0 Å². The first kappa shape index (κ1) is 21.7. The smallest absolute Gasteiger partial charge is 0.346 e. The Morgan fingerprint density at radius 2 is 2.00 bits per heavy atom. The number of aromatic nitrogens is 1. The van der Waals surface area contributed by atoms with Crippen LogP contribution in [0.4, 0.5) is 5.69 Å². The van der Waals surface area contributed by atoms with E-state index in [4.69, 9.17) is 4.42 Å². The summed E-state index contributed by atoms with van der Waals surface area (Å²) in [5.41, 5.74) is 2.05. The van der Waals surface area contributed by atoms with E-state index in [1.165, 1.54) is 29.5 Å². The number of phenols is 1. The second-order valence-corrected chi connectivity index (χ2v) is 8.48. The molecule has 2 aromatic heterocycles. The van der Waals surface area contributed by atoms with Crippen LogP contribution in [0, 0.1) is 10.1 Å². The van der Waals surface area contributed by atoms with Crippen molar-refractivity contribution >= 4 is 28.0 Å². The third-order valence-corrected chi connectivity index (χ3v) is 6.20. The van der Waals surface area contributed by atoms with Crippen LogP contribution >= 0.6 is 11.3 Å². The molecule has 0 bridgehead atoms. The molecule has 0 atom stereocenters. The fourth-order valence-corrected chi connectivity index (χ4v) is 4.44. The quantitative estimate of drug-likeness (QED) is 0.146. The van der Waals surface area contributed by atoms with Crippen molar-refractivity contribution in [3.05, 3.63) is 73.9 Å². The summed E-state index contributed by atoms with van der Waals surface area (Å²) in [6.45, 7) is 2.15. The molecule has 0 radical (unpaired) electrons. The lowest BCUT2D eigenvalue weighted by atomic mass is 10.0. The lowest BCUT2D eigenvalue weighted by molar-refractivity contribution is -0.384. The molecule has 8 heteroatoms. The molecule has 2 aromatic carbocycles. The van der Waals surface area contributed by atoms with Gasteiger partial charge in [-0.15, -0.1) is 11.3 Å². The third kappa shape index (κ3) is 4.55. The van der Waals surface area contributed by atoms with Gasteiger partial charge in [0.2, 0.25) is 0 Å². The topological polar surface area (TPSA) is 106 Å². The number of aromatic hydroxyl groups is 1. The predicted octanol–water partition coefficient (Wildman–Crippen LogP) is 6.32. The van der Waals surface area contributed by atoms with Crippen molar-refractivity contribution < 1.29 is 14.4 Å². The molecule has 0 spiro atoms. The molecule has 0 aliphatic heterocycles. The average Bonchev–Trinajstić information content (AvgIpc) is 3.27. The molecular formula is C24H22N2O5S. The number of benzene rings is 2. The molecule has 0 saturated carbocycles. The van der Waals surface area contributed by atoms with Gasteiger partial charge < -0.3 is 9.52 Å². The average molecular weight is 451 g/mol. The van der Waals surface area contributed by atoms with E-state index in [2.05, 4.69) is 11.9 Å². The van der Waals surface area contributed by atoms with Crippen LogP contribution in [0.1, 0.15) is 38.2 Å². The maximum absolute atomic E-state index is 12.6. The van der Waals surface area contributed by atoms with Gasteiger partial charge in [-0.1, -0.05) is 38.3 Å². The van der Waals surface area contributed by atoms with Gasteiger partial charge in [0.15, 0.2) is 0 Å². The normalized spacial score (nSPS) is 11.2. The van der Waals surface area contributed by atoms with Crippen LogP contribution < -0.4 is 5.63 Å². The van der Waals surface area contributed by atoms with E-state index >= 15 is 0 Å². The fraction of sp³-hybridized carbons (Fsp3) is 0.250. The lowest BCUT2D eigenvalue weighted by Crippen LogP contribution is -2.03. The zero-order valence-electron chi connectivity index (χ0n) is 17.5. The van der Waals surface area contributed by atoms with Gasteiger partial charge in [-0.3, -0.25) is 10.1 Å². The summed E-state index contributed by atoms with van der Waals surface area (Å²) < 4.78 is 5.45. The fourth-order valence-electron chi connectivity index (χ4n) is 3.60. The molecule has 32 heavy (non-hydrogen) atoms. The molecule has 4 rings (SSSR count). The van der Waals surface area contributed by atoms with Gasteiger partial charge >= 0.3 is 5.63 Å². The number of nitro groups is 1. The van der Waals surface area contributed by atoms with Crippen molar-refractivity contribution in [1.82, 2.24) is 4.98 Å². The highest BCUT2D eigenvalue weighted by Crippen LogP contribution is 2.32. The second kappa shape index (κ2) is 9.32. The Morgan fingerprint density at radius 3 is 2.78 bits per heavy atom. The molecule has 164 valence electrons. The summed E-state index contributed by atoms with van der Waals surface area (Å²) in [6.07, 6.45) is 5.14. The van der Waals surface area contributed by atoms with E-state index in [1.54, 1.807) is 23.6 Å². The number of nitrogens with zero attached hydrogens (tertiary/aromatic N) is 2. The Bertz CT molecular complexity index is 1340. The first-order chi connectivity index (χ1) is 15.5. The van der Waals surface area contributed by atoms with E-state index in [9.17, 15) is 20.0 Å². The number of aryl methyl sites for hydroxylation is 1. The van der Waals surface area contributed by atoms with Gasteiger partial charge in [0.25, 0.3) is 5.69 Å². The van der Waals surface area contributed by atoms with E-state index in [0.29, 0.717) is 27.4 Å². The number of rotatable bonds is 8. The first-order valence-electron chi connectivity index (χ1n) is 10.5. The van der Waals surface area contributed by atoms with E-state index in [-0.39, 0.29) is 11.4 Å². The highest BCUT2D eigenvalue weighted by molar-refractivity contribution is 7.13. The Labute approximate surface area is 188 Å². The molecular weight excluding hydrogens is 428 g/mol. The number of unbranched alkanes of at least 4 members (excludes halogenated alkanes) is 3. The van der Waals surface area contributed by atoms with E-state index in [0.717, 1.165) is 43.1 Å². The Morgan fingerprint density at radius 1 is 1.16 bits per heavy atom. The van der Waals surface area contributed by atoms with E-state index in [1.807, 2.05) is 6.07 Å². The number of phenolic OH excluding ortho intramolecular Hbond substituents is 1. The summed E-state index contributed by atoms with van der Waals surface area (Å²) in [4.78, 5) is 27.7. The van der Waals surface area contributed by atoms with Gasteiger partial charge in [0.1, 0.15) is 16.3 Å². The molecule has 0 saturated heterocycles. The summed E-state index contributed by atoms with van der Waals surface area (Å²) in [5, 5.41) is 24.3. The minimum atomic E-state index is -0.549. The predicted molar refractivity (Wildman–Crippen MR) is 125 cm³/mol. The molecule has 0 amide bonds. The van der Waals surface area contributed by atoms with Crippen LogP contribution in [0.5, 0.6) is 5.75 Å². The summed E-state index contributed by atoms with van der Waals surface area (Å²) in [5.74, 6) is 0.132. The van der Waals surface area contributed by atoms with Crippen LogP contribution in [-0.4, -0.2) is 15.0 Å². The number of hydrogen-bond acceptors (Lipinski definition) is 7. The molecule has 0 aliphatic carbocycles. The number of nitro benzene ring substituents is 1. The van der Waals surface area contributed by atoms with Crippen LogP contribution in [-0.2, 0) is 6.42 Å². The zero-order chi connectivity index (χ0) is 22.7. The molecule has 0 fully saturated rings. The van der Waals surface area contributed by atoms with Gasteiger partial charge in [-0.05, 0) is 30.5 Å². The minimum absolute atomic E-state index is 0.0199. The maximum Gasteiger partial charge on any atom is 0.346 e. The Hall–Kier alpha value is -3.52. The van der Waals surface area contributed by atoms with Gasteiger partial charge in [0, 0.05) is 34.5 Å². The van der Waals surface area contributed by atoms with Crippen molar-refractivity contribution in [2.45, 2.75) is 39.0 Å².